The van der Waals surface area contributed by atoms with Crippen LogP contribution in [0.5, 0.6) is 0 Å². The Morgan fingerprint density at radius 2 is 1.60 bits per heavy atom. The first kappa shape index (κ1) is 25.4. The summed E-state index contributed by atoms with van der Waals surface area (Å²) in [5, 5.41) is 16.4. The van der Waals surface area contributed by atoms with Gasteiger partial charge in [-0.2, -0.15) is 0 Å². The highest BCUT2D eigenvalue weighted by molar-refractivity contribution is 5.83. The lowest BCUT2D eigenvalue weighted by atomic mass is 9.94. The lowest BCUT2D eigenvalue weighted by Gasteiger charge is -2.33. The van der Waals surface area contributed by atoms with Crippen molar-refractivity contribution in [3.63, 3.8) is 0 Å². The second-order valence-electron chi connectivity index (χ2n) is 9.86. The monoisotopic (exact) mass is 478 g/mol. The van der Waals surface area contributed by atoms with E-state index in [9.17, 15) is 14.7 Å². The molecule has 7 nitrogen and oxygen atoms in total. The molecule has 0 unspecified atom stereocenters. The Labute approximate surface area is 208 Å². The lowest BCUT2D eigenvalue weighted by molar-refractivity contribution is -0.126. The average molecular weight is 479 g/mol. The van der Waals surface area contributed by atoms with Gasteiger partial charge in [-0.3, -0.25) is 14.5 Å². The number of rotatable bonds is 8. The molecule has 0 bridgehead atoms. The zero-order chi connectivity index (χ0) is 24.8. The summed E-state index contributed by atoms with van der Waals surface area (Å²) in [6.45, 7) is 2.43. The highest BCUT2D eigenvalue weighted by Crippen LogP contribution is 2.34. The van der Waals surface area contributed by atoms with E-state index in [4.69, 9.17) is 5.73 Å². The molecule has 2 heterocycles. The van der Waals surface area contributed by atoms with Crippen LogP contribution in [0.15, 0.2) is 60.7 Å². The molecule has 2 aliphatic rings. The Bertz CT molecular complexity index is 931. The number of hydrogen-bond donors (Lipinski definition) is 4. The summed E-state index contributed by atoms with van der Waals surface area (Å²) in [5.74, 6) is -0.232. The fourth-order valence-electron chi connectivity index (χ4n) is 5.53. The summed E-state index contributed by atoms with van der Waals surface area (Å²) in [5.41, 5.74) is 8.03. The van der Waals surface area contributed by atoms with Crippen LogP contribution in [-0.2, 0) is 9.59 Å². The van der Waals surface area contributed by atoms with Gasteiger partial charge in [-0.25, -0.2) is 0 Å². The summed E-state index contributed by atoms with van der Waals surface area (Å²) in [7, 11) is 0. The van der Waals surface area contributed by atoms with Gasteiger partial charge in [-0.15, -0.1) is 0 Å². The molecule has 2 saturated heterocycles. The molecule has 0 radical (unpaired) electrons. The van der Waals surface area contributed by atoms with Gasteiger partial charge in [0.2, 0.25) is 11.8 Å². The fourth-order valence-corrected chi connectivity index (χ4v) is 5.53. The van der Waals surface area contributed by atoms with Gasteiger partial charge < -0.3 is 21.5 Å². The second-order valence-corrected chi connectivity index (χ2v) is 9.86. The van der Waals surface area contributed by atoms with Gasteiger partial charge in [0.25, 0.3) is 0 Å². The average Bonchev–Trinajstić information content (AvgIpc) is 3.21. The van der Waals surface area contributed by atoms with Gasteiger partial charge in [0, 0.05) is 31.2 Å². The van der Waals surface area contributed by atoms with E-state index < -0.39 is 6.04 Å². The molecular weight excluding hydrogens is 440 g/mol. The smallest absolute Gasteiger partial charge is 0.238 e. The molecule has 35 heavy (non-hydrogen) atoms. The normalized spacial score (nSPS) is 25.5. The summed E-state index contributed by atoms with van der Waals surface area (Å²) in [6, 6.07) is 19.0. The number of carbonyl (C=O) groups excluding carboxylic acids is 2. The Balaban J connectivity index is 1.53. The summed E-state index contributed by atoms with van der Waals surface area (Å²) in [4.78, 5) is 28.5. The number of nitrogens with two attached hydrogens (primary N) is 1. The molecule has 2 fully saturated rings. The standard InChI is InChI=1S/C28H38N4O3/c1-2-23(29)27(34)30-24-17-32-22(14-13-21(24)18-33)15-16-25(32)28(35)31-26(19-9-5-3-6-10-19)20-11-7-4-8-12-20/h3-12,21-26,33H,2,13-18,29H2,1H3,(H,30,34)(H,31,35)/t21-,22+,23+,24-,25+/m1/s1. The molecular formula is C28H38N4O3. The highest BCUT2D eigenvalue weighted by atomic mass is 16.3. The molecule has 2 aromatic rings. The van der Waals surface area contributed by atoms with E-state index in [0.717, 1.165) is 36.8 Å². The van der Waals surface area contributed by atoms with Crippen molar-refractivity contribution in [1.82, 2.24) is 15.5 Å². The Hall–Kier alpha value is -2.74. The molecule has 2 aromatic carbocycles. The van der Waals surface area contributed by atoms with E-state index in [-0.39, 0.29) is 48.5 Å². The third-order valence-electron chi connectivity index (χ3n) is 7.68. The van der Waals surface area contributed by atoms with Crippen molar-refractivity contribution in [2.45, 2.75) is 69.2 Å². The number of aliphatic hydroxyl groups is 1. The number of amides is 2. The van der Waals surface area contributed by atoms with E-state index in [1.54, 1.807) is 0 Å². The molecule has 5 atom stereocenters. The molecule has 4 rings (SSSR count). The van der Waals surface area contributed by atoms with Gasteiger partial charge in [-0.1, -0.05) is 67.6 Å². The van der Waals surface area contributed by atoms with Crippen LogP contribution in [-0.4, -0.2) is 59.1 Å². The van der Waals surface area contributed by atoms with E-state index in [1.807, 2.05) is 67.6 Å². The van der Waals surface area contributed by atoms with Crippen LogP contribution in [0.2, 0.25) is 0 Å². The van der Waals surface area contributed by atoms with Crippen molar-refractivity contribution in [2.24, 2.45) is 11.7 Å². The number of carbonyl (C=O) groups is 2. The quantitative estimate of drug-likeness (QED) is 0.466. The number of hydrogen-bond acceptors (Lipinski definition) is 5. The predicted molar refractivity (Wildman–Crippen MR) is 136 cm³/mol. The molecule has 2 aliphatic heterocycles. The van der Waals surface area contributed by atoms with Gasteiger partial charge >= 0.3 is 0 Å². The minimum atomic E-state index is -0.566. The topological polar surface area (TPSA) is 108 Å². The molecule has 7 heteroatoms. The molecule has 2 amide bonds. The second kappa shape index (κ2) is 11.8. The third-order valence-corrected chi connectivity index (χ3v) is 7.68. The van der Waals surface area contributed by atoms with Crippen molar-refractivity contribution in [3.05, 3.63) is 71.8 Å². The Kier molecular flexibility index (Phi) is 8.55. The van der Waals surface area contributed by atoms with Gasteiger partial charge in [-0.05, 0) is 43.2 Å². The van der Waals surface area contributed by atoms with Crippen molar-refractivity contribution >= 4 is 11.8 Å². The maximum absolute atomic E-state index is 13.7. The molecule has 5 N–H and O–H groups in total. The molecule has 0 saturated carbocycles. The summed E-state index contributed by atoms with van der Waals surface area (Å²) in [6.07, 6.45) is 4.00. The Morgan fingerprint density at radius 1 is 1.00 bits per heavy atom. The van der Waals surface area contributed by atoms with E-state index in [2.05, 4.69) is 15.5 Å². The van der Waals surface area contributed by atoms with Crippen LogP contribution < -0.4 is 16.4 Å². The predicted octanol–water partition coefficient (Wildman–Crippen LogP) is 2.35. The molecule has 188 valence electrons. The first-order valence-electron chi connectivity index (χ1n) is 12.8. The zero-order valence-electron chi connectivity index (χ0n) is 20.5. The molecule has 0 aromatic heterocycles. The van der Waals surface area contributed by atoms with Crippen LogP contribution in [0.25, 0.3) is 0 Å². The molecule has 0 aliphatic carbocycles. The minimum Gasteiger partial charge on any atom is -0.396 e. The lowest BCUT2D eigenvalue weighted by Crippen LogP contribution is -2.55. The summed E-state index contributed by atoms with van der Waals surface area (Å²) < 4.78 is 0. The third kappa shape index (κ3) is 5.92. The summed E-state index contributed by atoms with van der Waals surface area (Å²) >= 11 is 0. The van der Waals surface area contributed by atoms with Gasteiger partial charge in [0.1, 0.15) is 0 Å². The zero-order valence-corrected chi connectivity index (χ0v) is 20.5. The van der Waals surface area contributed by atoms with Crippen LogP contribution in [0.3, 0.4) is 0 Å². The highest BCUT2D eigenvalue weighted by Gasteiger charge is 2.43. The van der Waals surface area contributed by atoms with Crippen LogP contribution in [0, 0.1) is 5.92 Å². The van der Waals surface area contributed by atoms with E-state index >= 15 is 0 Å². The van der Waals surface area contributed by atoms with E-state index in [1.165, 1.54) is 0 Å². The van der Waals surface area contributed by atoms with E-state index in [0.29, 0.717) is 13.0 Å². The Morgan fingerprint density at radius 3 is 2.17 bits per heavy atom. The first-order chi connectivity index (χ1) is 17.0. The van der Waals surface area contributed by atoms with Crippen molar-refractivity contribution in [3.8, 4) is 0 Å². The number of nitrogens with zero attached hydrogens (tertiary/aromatic N) is 1. The van der Waals surface area contributed by atoms with Crippen LogP contribution >= 0.6 is 0 Å². The van der Waals surface area contributed by atoms with Gasteiger partial charge in [0.15, 0.2) is 0 Å². The number of aliphatic hydroxyl groups excluding tert-OH is 1. The first-order valence-corrected chi connectivity index (χ1v) is 12.8. The van der Waals surface area contributed by atoms with Crippen molar-refractivity contribution in [1.29, 1.82) is 0 Å². The largest absolute Gasteiger partial charge is 0.396 e. The maximum Gasteiger partial charge on any atom is 0.238 e. The fraction of sp³-hybridized carbons (Fsp3) is 0.500. The maximum atomic E-state index is 13.7. The number of benzene rings is 2. The SMILES string of the molecule is CC[C@H](N)C(=O)N[C@@H]1CN2[C@@H](CC[C@@H]1CO)CC[C@H]2C(=O)NC(c1ccccc1)c1ccccc1. The molecule has 0 spiro atoms. The van der Waals surface area contributed by atoms with Gasteiger partial charge in [0.05, 0.1) is 18.1 Å². The van der Waals surface area contributed by atoms with Crippen LogP contribution in [0.1, 0.15) is 56.2 Å². The number of nitrogens with one attached hydrogen (secondary N) is 2. The van der Waals surface area contributed by atoms with Crippen molar-refractivity contribution < 1.29 is 14.7 Å². The minimum absolute atomic E-state index is 0.00277. The van der Waals surface area contributed by atoms with Crippen molar-refractivity contribution in [2.75, 3.05) is 13.2 Å². The van der Waals surface area contributed by atoms with Crippen LogP contribution in [0.4, 0.5) is 0 Å². The number of fused-ring (bicyclic) bond motifs is 1.